The summed E-state index contributed by atoms with van der Waals surface area (Å²) in [6.45, 7) is 2.24. The quantitative estimate of drug-likeness (QED) is 0.800. The van der Waals surface area contributed by atoms with Crippen molar-refractivity contribution >= 4 is 11.8 Å². The number of aryl methyl sites for hydroxylation is 1. The smallest absolute Gasteiger partial charge is 0.0336 e. The summed E-state index contributed by atoms with van der Waals surface area (Å²) in [6.07, 6.45) is 2.40. The molecule has 0 aliphatic carbocycles. The predicted molar refractivity (Wildman–Crippen MR) is 63.0 cm³/mol. The lowest BCUT2D eigenvalue weighted by atomic mass is 10.0. The molecule has 1 nitrogen and oxygen atoms in total. The number of fused-ring (bicyclic) bond motifs is 1. The molecule has 0 spiro atoms. The van der Waals surface area contributed by atoms with Crippen LogP contribution in [0.25, 0.3) is 0 Å². The molecular formula is C12H17NS. The van der Waals surface area contributed by atoms with Crippen molar-refractivity contribution in [2.24, 2.45) is 0 Å². The Morgan fingerprint density at radius 1 is 1.50 bits per heavy atom. The zero-order chi connectivity index (χ0) is 9.97. The fraction of sp³-hybridized carbons (Fsp3) is 0.500. The van der Waals surface area contributed by atoms with E-state index in [9.17, 15) is 0 Å². The van der Waals surface area contributed by atoms with Gasteiger partial charge in [0, 0.05) is 10.9 Å². The van der Waals surface area contributed by atoms with Crippen molar-refractivity contribution < 1.29 is 0 Å². The Kier molecular flexibility index (Phi) is 3.14. The molecule has 2 rings (SSSR count). The summed E-state index contributed by atoms with van der Waals surface area (Å²) in [5, 5.41) is 3.40. The van der Waals surface area contributed by atoms with Crippen molar-refractivity contribution in [1.82, 2.24) is 5.32 Å². The zero-order valence-electron chi connectivity index (χ0n) is 8.84. The first-order valence-corrected chi connectivity index (χ1v) is 6.27. The first-order chi connectivity index (χ1) is 6.86. The van der Waals surface area contributed by atoms with Crippen LogP contribution in [0.4, 0.5) is 0 Å². The van der Waals surface area contributed by atoms with E-state index in [1.54, 1.807) is 0 Å². The SMILES string of the molecule is CCc1cccc2c1SCCC2NC. The third-order valence-electron chi connectivity index (χ3n) is 2.88. The van der Waals surface area contributed by atoms with Gasteiger partial charge in [-0.05, 0) is 36.8 Å². The van der Waals surface area contributed by atoms with Gasteiger partial charge in [0.25, 0.3) is 0 Å². The van der Waals surface area contributed by atoms with Gasteiger partial charge >= 0.3 is 0 Å². The summed E-state index contributed by atoms with van der Waals surface area (Å²) in [7, 11) is 2.06. The highest BCUT2D eigenvalue weighted by molar-refractivity contribution is 7.99. The lowest BCUT2D eigenvalue weighted by Crippen LogP contribution is -2.21. The summed E-state index contributed by atoms with van der Waals surface area (Å²) >= 11 is 2.02. The predicted octanol–water partition coefficient (Wildman–Crippen LogP) is 3.01. The lowest BCUT2D eigenvalue weighted by Gasteiger charge is -2.26. The molecule has 1 N–H and O–H groups in total. The van der Waals surface area contributed by atoms with E-state index in [4.69, 9.17) is 0 Å². The van der Waals surface area contributed by atoms with E-state index in [0.29, 0.717) is 6.04 Å². The first-order valence-electron chi connectivity index (χ1n) is 5.28. The third-order valence-corrected chi connectivity index (χ3v) is 4.11. The number of hydrogen-bond acceptors (Lipinski definition) is 2. The van der Waals surface area contributed by atoms with E-state index >= 15 is 0 Å². The van der Waals surface area contributed by atoms with Gasteiger partial charge in [0.1, 0.15) is 0 Å². The summed E-state index contributed by atoms with van der Waals surface area (Å²) in [5.74, 6) is 1.25. The fourth-order valence-electron chi connectivity index (χ4n) is 2.07. The highest BCUT2D eigenvalue weighted by atomic mass is 32.2. The van der Waals surface area contributed by atoms with Gasteiger partial charge in [-0.15, -0.1) is 11.8 Å². The molecule has 1 heterocycles. The molecular weight excluding hydrogens is 190 g/mol. The van der Waals surface area contributed by atoms with Gasteiger partial charge in [0.15, 0.2) is 0 Å². The second-order valence-electron chi connectivity index (χ2n) is 3.67. The molecule has 76 valence electrons. The number of nitrogens with one attached hydrogen (secondary N) is 1. The van der Waals surface area contributed by atoms with E-state index in [1.165, 1.54) is 28.2 Å². The number of rotatable bonds is 2. The van der Waals surface area contributed by atoms with E-state index in [1.807, 2.05) is 11.8 Å². The molecule has 0 saturated carbocycles. The van der Waals surface area contributed by atoms with Gasteiger partial charge in [-0.1, -0.05) is 25.1 Å². The Morgan fingerprint density at radius 3 is 3.07 bits per heavy atom. The molecule has 0 amide bonds. The number of benzene rings is 1. The summed E-state index contributed by atoms with van der Waals surface area (Å²) in [6, 6.07) is 7.28. The Labute approximate surface area is 90.3 Å². The third kappa shape index (κ3) is 1.69. The molecule has 1 aliphatic rings. The standard InChI is InChI=1S/C12H17NS/c1-3-9-5-4-6-10-11(13-2)7-8-14-12(9)10/h4-6,11,13H,3,7-8H2,1-2H3. The van der Waals surface area contributed by atoms with Crippen LogP contribution in [0.2, 0.25) is 0 Å². The molecule has 1 unspecified atom stereocenters. The average Bonchev–Trinajstić information content (AvgIpc) is 2.27. The van der Waals surface area contributed by atoms with Crippen molar-refractivity contribution in [2.75, 3.05) is 12.8 Å². The van der Waals surface area contributed by atoms with Gasteiger partial charge in [-0.3, -0.25) is 0 Å². The lowest BCUT2D eigenvalue weighted by molar-refractivity contribution is 0.563. The number of thioether (sulfide) groups is 1. The Morgan fingerprint density at radius 2 is 2.36 bits per heavy atom. The van der Waals surface area contributed by atoms with Crippen molar-refractivity contribution in [3.8, 4) is 0 Å². The molecule has 0 aromatic heterocycles. The topological polar surface area (TPSA) is 12.0 Å². The van der Waals surface area contributed by atoms with E-state index in [0.717, 1.165) is 6.42 Å². The Bertz CT molecular complexity index is 322. The maximum absolute atomic E-state index is 3.40. The van der Waals surface area contributed by atoms with Crippen molar-refractivity contribution in [1.29, 1.82) is 0 Å². The zero-order valence-corrected chi connectivity index (χ0v) is 9.66. The van der Waals surface area contributed by atoms with Crippen LogP contribution in [-0.2, 0) is 6.42 Å². The van der Waals surface area contributed by atoms with Crippen LogP contribution in [0, 0.1) is 0 Å². The van der Waals surface area contributed by atoms with Crippen LogP contribution >= 0.6 is 11.8 Å². The van der Waals surface area contributed by atoms with Crippen molar-refractivity contribution in [2.45, 2.75) is 30.7 Å². The maximum atomic E-state index is 3.40. The van der Waals surface area contributed by atoms with E-state index < -0.39 is 0 Å². The van der Waals surface area contributed by atoms with Crippen LogP contribution in [0.1, 0.15) is 30.5 Å². The summed E-state index contributed by atoms with van der Waals surface area (Å²) in [5.41, 5.74) is 3.01. The average molecular weight is 207 g/mol. The van der Waals surface area contributed by atoms with E-state index in [-0.39, 0.29) is 0 Å². The van der Waals surface area contributed by atoms with Crippen molar-refractivity contribution in [3.05, 3.63) is 29.3 Å². The summed E-state index contributed by atoms with van der Waals surface area (Å²) < 4.78 is 0. The Balaban J connectivity index is 2.43. The molecule has 1 atom stereocenters. The largest absolute Gasteiger partial charge is 0.313 e. The molecule has 1 aromatic carbocycles. The molecule has 0 fully saturated rings. The minimum absolute atomic E-state index is 0.567. The second-order valence-corrected chi connectivity index (χ2v) is 4.77. The monoisotopic (exact) mass is 207 g/mol. The molecule has 2 heteroatoms. The minimum atomic E-state index is 0.567. The normalized spacial score (nSPS) is 20.6. The van der Waals surface area contributed by atoms with Gasteiger partial charge in [-0.25, -0.2) is 0 Å². The molecule has 0 saturated heterocycles. The van der Waals surface area contributed by atoms with E-state index in [2.05, 4.69) is 37.5 Å². The maximum Gasteiger partial charge on any atom is 0.0336 e. The minimum Gasteiger partial charge on any atom is -0.313 e. The van der Waals surface area contributed by atoms with Crippen LogP contribution < -0.4 is 5.32 Å². The van der Waals surface area contributed by atoms with Crippen LogP contribution in [0.5, 0.6) is 0 Å². The van der Waals surface area contributed by atoms with Gasteiger partial charge in [0.2, 0.25) is 0 Å². The summed E-state index contributed by atoms with van der Waals surface area (Å²) in [4.78, 5) is 1.53. The van der Waals surface area contributed by atoms with Crippen LogP contribution in [0.15, 0.2) is 23.1 Å². The number of hydrogen-bond donors (Lipinski definition) is 1. The highest BCUT2D eigenvalue weighted by Crippen LogP contribution is 2.38. The van der Waals surface area contributed by atoms with Crippen molar-refractivity contribution in [3.63, 3.8) is 0 Å². The highest BCUT2D eigenvalue weighted by Gasteiger charge is 2.20. The molecule has 1 aromatic rings. The fourth-order valence-corrected chi connectivity index (χ4v) is 3.40. The van der Waals surface area contributed by atoms with Crippen LogP contribution in [-0.4, -0.2) is 12.8 Å². The Hall–Kier alpha value is -0.470. The molecule has 1 aliphatic heterocycles. The van der Waals surface area contributed by atoms with Crippen LogP contribution in [0.3, 0.4) is 0 Å². The second kappa shape index (κ2) is 4.37. The molecule has 14 heavy (non-hydrogen) atoms. The first kappa shape index (κ1) is 10.1. The van der Waals surface area contributed by atoms with Gasteiger partial charge < -0.3 is 5.32 Å². The van der Waals surface area contributed by atoms with Gasteiger partial charge in [0.05, 0.1) is 0 Å². The van der Waals surface area contributed by atoms with Gasteiger partial charge in [-0.2, -0.15) is 0 Å². The molecule has 0 bridgehead atoms. The molecule has 0 radical (unpaired) electrons.